The number of likely N-dealkylation sites (tertiary alicyclic amines) is 1. The maximum absolute atomic E-state index is 12.2. The van der Waals surface area contributed by atoms with Crippen LogP contribution in [0.15, 0.2) is 24.3 Å². The quantitative estimate of drug-likeness (QED) is 0.898. The summed E-state index contributed by atoms with van der Waals surface area (Å²) in [6.07, 6.45) is 1.83. The van der Waals surface area contributed by atoms with Crippen LogP contribution in [0, 0.1) is 0 Å². The van der Waals surface area contributed by atoms with Crippen molar-refractivity contribution in [3.05, 3.63) is 34.9 Å². The molecule has 1 heterocycles. The predicted molar refractivity (Wildman–Crippen MR) is 84.7 cm³/mol. The molecule has 1 aliphatic heterocycles. The van der Waals surface area contributed by atoms with Crippen molar-refractivity contribution in [2.24, 2.45) is 0 Å². The zero-order valence-corrected chi connectivity index (χ0v) is 13.4. The van der Waals surface area contributed by atoms with E-state index in [9.17, 15) is 9.90 Å². The smallest absolute Gasteiger partial charge is 0.317 e. The molecule has 21 heavy (non-hydrogen) atoms. The first-order chi connectivity index (χ1) is 9.94. The molecule has 1 atom stereocenters. The van der Waals surface area contributed by atoms with Crippen LogP contribution >= 0.6 is 11.6 Å². The van der Waals surface area contributed by atoms with Crippen LogP contribution < -0.4 is 5.32 Å². The van der Waals surface area contributed by atoms with Gasteiger partial charge in [-0.1, -0.05) is 37.6 Å². The summed E-state index contributed by atoms with van der Waals surface area (Å²) in [4.78, 5) is 14.0. The molecule has 1 fully saturated rings. The van der Waals surface area contributed by atoms with Crippen LogP contribution in [0.4, 0.5) is 4.79 Å². The second-order valence-electron chi connectivity index (χ2n) is 6.22. The minimum Gasteiger partial charge on any atom is -0.394 e. The maximum atomic E-state index is 12.2. The SMILES string of the molecule is CC(C)(CNC(=O)N1CCCC1CO)c1cccc(Cl)c1. The first-order valence-electron chi connectivity index (χ1n) is 7.35. The van der Waals surface area contributed by atoms with Crippen molar-refractivity contribution < 1.29 is 9.90 Å². The normalized spacial score (nSPS) is 18.9. The summed E-state index contributed by atoms with van der Waals surface area (Å²) in [5, 5.41) is 13.0. The van der Waals surface area contributed by atoms with Gasteiger partial charge in [0.1, 0.15) is 0 Å². The molecule has 1 aliphatic rings. The van der Waals surface area contributed by atoms with Crippen molar-refractivity contribution in [1.29, 1.82) is 0 Å². The van der Waals surface area contributed by atoms with E-state index in [1.54, 1.807) is 4.90 Å². The summed E-state index contributed by atoms with van der Waals surface area (Å²) in [6.45, 7) is 5.43. The van der Waals surface area contributed by atoms with E-state index in [4.69, 9.17) is 11.6 Å². The second-order valence-corrected chi connectivity index (χ2v) is 6.66. The molecule has 4 nitrogen and oxygen atoms in total. The molecule has 0 aliphatic carbocycles. The fraction of sp³-hybridized carbons (Fsp3) is 0.562. The molecule has 1 saturated heterocycles. The van der Waals surface area contributed by atoms with Crippen molar-refractivity contribution in [2.45, 2.75) is 38.1 Å². The first kappa shape index (κ1) is 16.1. The third-order valence-electron chi connectivity index (χ3n) is 4.14. The maximum Gasteiger partial charge on any atom is 0.317 e. The minimum atomic E-state index is -0.199. The number of carbonyl (C=O) groups excluding carboxylic acids is 1. The molecule has 0 spiro atoms. The van der Waals surface area contributed by atoms with Crippen LogP contribution in [0.2, 0.25) is 5.02 Å². The molecule has 0 saturated carbocycles. The van der Waals surface area contributed by atoms with E-state index in [0.717, 1.165) is 18.4 Å². The van der Waals surface area contributed by atoms with E-state index < -0.39 is 0 Å². The molecular formula is C16H23ClN2O2. The van der Waals surface area contributed by atoms with Crippen molar-refractivity contribution in [3.8, 4) is 0 Å². The molecule has 1 aromatic rings. The van der Waals surface area contributed by atoms with E-state index >= 15 is 0 Å². The third kappa shape index (κ3) is 3.89. The Morgan fingerprint density at radius 3 is 2.95 bits per heavy atom. The van der Waals surface area contributed by atoms with Gasteiger partial charge in [-0.2, -0.15) is 0 Å². The molecule has 1 unspecified atom stereocenters. The van der Waals surface area contributed by atoms with Gasteiger partial charge in [0.15, 0.2) is 0 Å². The molecule has 0 aromatic heterocycles. The molecule has 0 bridgehead atoms. The van der Waals surface area contributed by atoms with E-state index in [1.807, 2.05) is 24.3 Å². The number of aliphatic hydroxyl groups excluding tert-OH is 1. The number of amides is 2. The largest absolute Gasteiger partial charge is 0.394 e. The van der Waals surface area contributed by atoms with Crippen LogP contribution in [-0.2, 0) is 5.41 Å². The molecule has 0 radical (unpaired) electrons. The number of carbonyl (C=O) groups is 1. The summed E-state index contributed by atoms with van der Waals surface area (Å²) in [5.74, 6) is 0. The minimum absolute atomic E-state index is 0.0328. The van der Waals surface area contributed by atoms with Gasteiger partial charge in [0.05, 0.1) is 12.6 Å². The first-order valence-corrected chi connectivity index (χ1v) is 7.73. The fourth-order valence-electron chi connectivity index (χ4n) is 2.70. The number of hydrogen-bond donors (Lipinski definition) is 2. The molecular weight excluding hydrogens is 288 g/mol. The van der Waals surface area contributed by atoms with Gasteiger partial charge in [-0.3, -0.25) is 0 Å². The Morgan fingerprint density at radius 1 is 1.52 bits per heavy atom. The number of benzene rings is 1. The van der Waals surface area contributed by atoms with Gasteiger partial charge in [0.25, 0.3) is 0 Å². The zero-order chi connectivity index (χ0) is 15.5. The van der Waals surface area contributed by atoms with Crippen molar-refractivity contribution in [3.63, 3.8) is 0 Å². The lowest BCUT2D eigenvalue weighted by Gasteiger charge is -2.29. The van der Waals surface area contributed by atoms with Crippen molar-refractivity contribution in [2.75, 3.05) is 19.7 Å². The number of nitrogens with one attached hydrogen (secondary N) is 1. The van der Waals surface area contributed by atoms with E-state index in [-0.39, 0.29) is 24.1 Å². The number of hydrogen-bond acceptors (Lipinski definition) is 2. The molecule has 1 aromatic carbocycles. The molecule has 5 heteroatoms. The van der Waals surface area contributed by atoms with Gasteiger partial charge in [-0.05, 0) is 30.5 Å². The monoisotopic (exact) mass is 310 g/mol. The van der Waals surface area contributed by atoms with Gasteiger partial charge in [-0.25, -0.2) is 4.79 Å². The Hall–Kier alpha value is -1.26. The molecule has 2 N–H and O–H groups in total. The number of halogens is 1. The summed E-state index contributed by atoms with van der Waals surface area (Å²) >= 11 is 6.03. The van der Waals surface area contributed by atoms with Gasteiger partial charge < -0.3 is 15.3 Å². The average molecular weight is 311 g/mol. The molecule has 116 valence electrons. The van der Waals surface area contributed by atoms with Crippen LogP contribution in [-0.4, -0.2) is 41.8 Å². The highest BCUT2D eigenvalue weighted by Gasteiger charge is 2.29. The standard InChI is InChI=1S/C16H23ClN2O2/c1-16(2,12-5-3-6-13(17)9-12)11-18-15(21)19-8-4-7-14(19)10-20/h3,5-6,9,14,20H,4,7-8,10-11H2,1-2H3,(H,18,21). The summed E-state index contributed by atoms with van der Waals surface area (Å²) < 4.78 is 0. The average Bonchev–Trinajstić information content (AvgIpc) is 2.93. The number of rotatable bonds is 4. The van der Waals surface area contributed by atoms with Gasteiger partial charge >= 0.3 is 6.03 Å². The Morgan fingerprint density at radius 2 is 2.29 bits per heavy atom. The van der Waals surface area contributed by atoms with Crippen molar-refractivity contribution >= 4 is 17.6 Å². The highest BCUT2D eigenvalue weighted by atomic mass is 35.5. The van der Waals surface area contributed by atoms with Crippen LogP contribution in [0.25, 0.3) is 0 Å². The van der Waals surface area contributed by atoms with Gasteiger partial charge in [0, 0.05) is 23.5 Å². The lowest BCUT2D eigenvalue weighted by atomic mass is 9.84. The van der Waals surface area contributed by atoms with E-state index in [0.29, 0.717) is 18.1 Å². The number of urea groups is 1. The molecule has 2 rings (SSSR count). The predicted octanol–water partition coefficient (Wildman–Crippen LogP) is 2.78. The Labute approximate surface area is 131 Å². The van der Waals surface area contributed by atoms with Crippen molar-refractivity contribution in [1.82, 2.24) is 10.2 Å². The Bertz CT molecular complexity index is 505. The Kier molecular flexibility index (Phi) is 5.12. The number of nitrogens with zero attached hydrogens (tertiary/aromatic N) is 1. The highest BCUT2D eigenvalue weighted by Crippen LogP contribution is 2.25. The van der Waals surface area contributed by atoms with Crippen LogP contribution in [0.5, 0.6) is 0 Å². The lowest BCUT2D eigenvalue weighted by Crippen LogP contribution is -2.47. The fourth-order valence-corrected chi connectivity index (χ4v) is 2.89. The second kappa shape index (κ2) is 6.67. The highest BCUT2D eigenvalue weighted by molar-refractivity contribution is 6.30. The third-order valence-corrected chi connectivity index (χ3v) is 4.37. The van der Waals surface area contributed by atoms with E-state index in [2.05, 4.69) is 19.2 Å². The van der Waals surface area contributed by atoms with Gasteiger partial charge in [-0.15, -0.1) is 0 Å². The summed E-state index contributed by atoms with van der Waals surface area (Å²) in [7, 11) is 0. The van der Waals surface area contributed by atoms with Gasteiger partial charge in [0.2, 0.25) is 0 Å². The molecule has 2 amide bonds. The Balaban J connectivity index is 1.96. The zero-order valence-electron chi connectivity index (χ0n) is 12.6. The lowest BCUT2D eigenvalue weighted by molar-refractivity contribution is 0.156. The van der Waals surface area contributed by atoms with E-state index in [1.165, 1.54) is 0 Å². The summed E-state index contributed by atoms with van der Waals surface area (Å²) in [6, 6.07) is 7.57. The number of aliphatic hydroxyl groups is 1. The summed E-state index contributed by atoms with van der Waals surface area (Å²) in [5.41, 5.74) is 0.894. The van der Waals surface area contributed by atoms with Crippen LogP contribution in [0.1, 0.15) is 32.3 Å². The topological polar surface area (TPSA) is 52.6 Å². The van der Waals surface area contributed by atoms with Crippen LogP contribution in [0.3, 0.4) is 0 Å².